The summed E-state index contributed by atoms with van der Waals surface area (Å²) in [6.07, 6.45) is -2.84. The van der Waals surface area contributed by atoms with Crippen molar-refractivity contribution in [2.75, 3.05) is 18.4 Å². The first-order valence-corrected chi connectivity index (χ1v) is 7.37. The fourth-order valence-corrected chi connectivity index (χ4v) is 1.91. The SMILES string of the molecule is CCCNc1ncc(Br)cc1C(=O)NCCCC(F)(F)F. The molecule has 1 aromatic heterocycles. The molecule has 1 amide bonds. The molecule has 1 heterocycles. The van der Waals surface area contributed by atoms with E-state index >= 15 is 0 Å². The van der Waals surface area contributed by atoms with Crippen molar-refractivity contribution in [1.82, 2.24) is 10.3 Å². The Hall–Kier alpha value is -1.31. The number of hydrogen-bond donors (Lipinski definition) is 2. The van der Waals surface area contributed by atoms with Crippen LogP contribution in [-0.2, 0) is 0 Å². The molecule has 0 saturated carbocycles. The summed E-state index contributed by atoms with van der Waals surface area (Å²) in [6.45, 7) is 2.60. The van der Waals surface area contributed by atoms with Gasteiger partial charge in [0.1, 0.15) is 5.82 Å². The standard InChI is InChI=1S/C13H17BrF3N3O/c1-2-5-18-11-10(7-9(14)8-20-11)12(21)19-6-3-4-13(15,16)17/h7-8H,2-6H2,1H3,(H,18,20)(H,19,21). The van der Waals surface area contributed by atoms with Crippen LogP contribution in [0.1, 0.15) is 36.5 Å². The van der Waals surface area contributed by atoms with Crippen molar-refractivity contribution in [3.05, 3.63) is 22.3 Å². The molecule has 0 fully saturated rings. The number of carbonyl (C=O) groups is 1. The van der Waals surface area contributed by atoms with Gasteiger partial charge < -0.3 is 10.6 Å². The third-order valence-electron chi connectivity index (χ3n) is 2.56. The molecule has 0 saturated heterocycles. The van der Waals surface area contributed by atoms with Crippen molar-refractivity contribution < 1.29 is 18.0 Å². The summed E-state index contributed by atoms with van der Waals surface area (Å²) >= 11 is 3.22. The number of carbonyl (C=O) groups excluding carboxylic acids is 1. The Labute approximate surface area is 129 Å². The highest BCUT2D eigenvalue weighted by Gasteiger charge is 2.26. The number of alkyl halides is 3. The van der Waals surface area contributed by atoms with Crippen LogP contribution in [0.4, 0.5) is 19.0 Å². The Balaban J connectivity index is 2.61. The maximum atomic E-state index is 12.0. The summed E-state index contributed by atoms with van der Waals surface area (Å²) in [5.41, 5.74) is 0.310. The van der Waals surface area contributed by atoms with Crippen LogP contribution in [0.25, 0.3) is 0 Å². The van der Waals surface area contributed by atoms with E-state index in [1.54, 1.807) is 12.3 Å². The molecule has 0 atom stereocenters. The number of hydrogen-bond acceptors (Lipinski definition) is 3. The van der Waals surface area contributed by atoms with Crippen LogP contribution in [0.5, 0.6) is 0 Å². The smallest absolute Gasteiger partial charge is 0.369 e. The van der Waals surface area contributed by atoms with Gasteiger partial charge in [0, 0.05) is 30.2 Å². The number of anilines is 1. The van der Waals surface area contributed by atoms with E-state index in [-0.39, 0.29) is 13.0 Å². The molecule has 0 bridgehead atoms. The first-order valence-electron chi connectivity index (χ1n) is 6.58. The second-order valence-corrected chi connectivity index (χ2v) is 5.37. The van der Waals surface area contributed by atoms with Crippen molar-refractivity contribution in [1.29, 1.82) is 0 Å². The van der Waals surface area contributed by atoms with Crippen LogP contribution in [0, 0.1) is 0 Å². The van der Waals surface area contributed by atoms with Gasteiger partial charge in [-0.15, -0.1) is 0 Å². The van der Waals surface area contributed by atoms with E-state index < -0.39 is 18.5 Å². The molecule has 0 radical (unpaired) electrons. The van der Waals surface area contributed by atoms with E-state index in [2.05, 4.69) is 31.5 Å². The van der Waals surface area contributed by atoms with Crippen molar-refractivity contribution >= 4 is 27.7 Å². The van der Waals surface area contributed by atoms with E-state index in [9.17, 15) is 18.0 Å². The Morgan fingerprint density at radius 1 is 1.38 bits per heavy atom. The van der Waals surface area contributed by atoms with Gasteiger partial charge in [-0.3, -0.25) is 4.79 Å². The number of aromatic nitrogens is 1. The Morgan fingerprint density at radius 3 is 2.71 bits per heavy atom. The summed E-state index contributed by atoms with van der Waals surface area (Å²) in [5.74, 6) is -0.0158. The number of halogens is 4. The average molecular weight is 368 g/mol. The molecule has 0 aliphatic rings. The lowest BCUT2D eigenvalue weighted by Crippen LogP contribution is -2.27. The number of pyridine rings is 1. The molecule has 0 aliphatic heterocycles. The average Bonchev–Trinajstić information content (AvgIpc) is 2.41. The minimum absolute atomic E-state index is 0.0297. The lowest BCUT2D eigenvalue weighted by atomic mass is 10.2. The molecule has 0 aromatic carbocycles. The Morgan fingerprint density at radius 2 is 2.10 bits per heavy atom. The largest absolute Gasteiger partial charge is 0.389 e. The van der Waals surface area contributed by atoms with E-state index in [1.165, 1.54) is 0 Å². The molecule has 1 rings (SSSR count). The van der Waals surface area contributed by atoms with Crippen LogP contribution >= 0.6 is 15.9 Å². The minimum atomic E-state index is -4.20. The second-order valence-electron chi connectivity index (χ2n) is 4.45. The quantitative estimate of drug-likeness (QED) is 0.721. The highest BCUT2D eigenvalue weighted by molar-refractivity contribution is 9.10. The molecule has 0 unspecified atom stereocenters. The van der Waals surface area contributed by atoms with Gasteiger partial charge in [-0.1, -0.05) is 6.92 Å². The van der Waals surface area contributed by atoms with E-state index in [0.717, 1.165) is 6.42 Å². The van der Waals surface area contributed by atoms with Crippen LogP contribution in [-0.4, -0.2) is 30.2 Å². The zero-order valence-corrected chi connectivity index (χ0v) is 13.1. The normalized spacial score (nSPS) is 11.3. The van der Waals surface area contributed by atoms with E-state index in [0.29, 0.717) is 22.4 Å². The molecule has 0 aliphatic carbocycles. The summed E-state index contributed by atoms with van der Waals surface area (Å²) in [5, 5.41) is 5.49. The predicted octanol–water partition coefficient (Wildman–Crippen LogP) is 3.74. The number of nitrogens with one attached hydrogen (secondary N) is 2. The van der Waals surface area contributed by atoms with E-state index in [1.807, 2.05) is 6.92 Å². The summed E-state index contributed by atoms with van der Waals surface area (Å²) in [6, 6.07) is 1.59. The molecular weight excluding hydrogens is 351 g/mol. The van der Waals surface area contributed by atoms with E-state index in [4.69, 9.17) is 0 Å². The molecule has 21 heavy (non-hydrogen) atoms. The van der Waals surface area contributed by atoms with Gasteiger partial charge >= 0.3 is 6.18 Å². The van der Waals surface area contributed by atoms with Crippen LogP contribution < -0.4 is 10.6 Å². The van der Waals surface area contributed by atoms with Gasteiger partial charge in [-0.2, -0.15) is 13.2 Å². The van der Waals surface area contributed by atoms with Crippen molar-refractivity contribution in [2.45, 2.75) is 32.4 Å². The zero-order chi connectivity index (χ0) is 15.9. The van der Waals surface area contributed by atoms with Crippen molar-refractivity contribution in [2.24, 2.45) is 0 Å². The summed E-state index contributed by atoms with van der Waals surface area (Å²) in [4.78, 5) is 16.1. The van der Waals surface area contributed by atoms with Crippen molar-refractivity contribution in [3.63, 3.8) is 0 Å². The van der Waals surface area contributed by atoms with Crippen LogP contribution in [0.3, 0.4) is 0 Å². The Bertz CT molecular complexity index is 480. The fraction of sp³-hybridized carbons (Fsp3) is 0.538. The van der Waals surface area contributed by atoms with Gasteiger partial charge in [0.15, 0.2) is 0 Å². The highest BCUT2D eigenvalue weighted by atomic mass is 79.9. The highest BCUT2D eigenvalue weighted by Crippen LogP contribution is 2.21. The van der Waals surface area contributed by atoms with Gasteiger partial charge in [-0.25, -0.2) is 4.98 Å². The monoisotopic (exact) mass is 367 g/mol. The molecular formula is C13H17BrF3N3O. The molecule has 118 valence electrons. The number of rotatable bonds is 7. The van der Waals surface area contributed by atoms with Gasteiger partial charge in [-0.05, 0) is 34.8 Å². The van der Waals surface area contributed by atoms with Crippen molar-refractivity contribution in [3.8, 4) is 0 Å². The number of nitrogens with zero attached hydrogens (tertiary/aromatic N) is 1. The van der Waals surface area contributed by atoms with Crippen LogP contribution in [0.2, 0.25) is 0 Å². The minimum Gasteiger partial charge on any atom is -0.369 e. The summed E-state index contributed by atoms with van der Waals surface area (Å²) in [7, 11) is 0. The first-order chi connectivity index (χ1) is 9.83. The third-order valence-corrected chi connectivity index (χ3v) is 3.00. The topological polar surface area (TPSA) is 54.0 Å². The van der Waals surface area contributed by atoms with Gasteiger partial charge in [0.25, 0.3) is 5.91 Å². The predicted molar refractivity (Wildman–Crippen MR) is 78.3 cm³/mol. The van der Waals surface area contributed by atoms with Gasteiger partial charge in [0.2, 0.25) is 0 Å². The molecule has 2 N–H and O–H groups in total. The second kappa shape index (κ2) is 8.21. The fourth-order valence-electron chi connectivity index (χ4n) is 1.58. The molecule has 8 heteroatoms. The third kappa shape index (κ3) is 6.79. The lowest BCUT2D eigenvalue weighted by molar-refractivity contribution is -0.135. The molecule has 4 nitrogen and oxygen atoms in total. The maximum absolute atomic E-state index is 12.0. The number of amides is 1. The molecule has 1 aromatic rings. The Kier molecular flexibility index (Phi) is 6.94. The van der Waals surface area contributed by atoms with Gasteiger partial charge in [0.05, 0.1) is 5.56 Å². The summed E-state index contributed by atoms with van der Waals surface area (Å²) < 4.78 is 36.7. The zero-order valence-electron chi connectivity index (χ0n) is 11.6. The van der Waals surface area contributed by atoms with Crippen LogP contribution in [0.15, 0.2) is 16.7 Å². The lowest BCUT2D eigenvalue weighted by Gasteiger charge is -2.11. The first kappa shape index (κ1) is 17.7. The molecule has 0 spiro atoms. The maximum Gasteiger partial charge on any atom is 0.389 e.